The minimum atomic E-state index is 0.0363. The van der Waals surface area contributed by atoms with Gasteiger partial charge in [0.25, 0.3) is 0 Å². The third-order valence-electron chi connectivity index (χ3n) is 5.36. The van der Waals surface area contributed by atoms with Crippen molar-refractivity contribution in [3.63, 3.8) is 0 Å². The number of hydrogen-bond acceptors (Lipinski definition) is 3. The lowest BCUT2D eigenvalue weighted by molar-refractivity contribution is -0.304. The second kappa shape index (κ2) is 9.16. The first kappa shape index (κ1) is 21.1. The van der Waals surface area contributed by atoms with Crippen molar-refractivity contribution in [1.82, 2.24) is 5.06 Å². The van der Waals surface area contributed by atoms with Gasteiger partial charge in [-0.25, -0.2) is 0 Å². The number of nitrogens with zero attached hydrogens (tertiary/aromatic N) is 1. The molecule has 2 rings (SSSR count). The van der Waals surface area contributed by atoms with Gasteiger partial charge in [-0.1, -0.05) is 30.3 Å². The molecule has 0 radical (unpaired) electrons. The summed E-state index contributed by atoms with van der Waals surface area (Å²) in [6, 6.07) is 8.62. The fourth-order valence-corrected chi connectivity index (χ4v) is 3.89. The maximum atomic E-state index is 6.47. The fourth-order valence-electron chi connectivity index (χ4n) is 3.89. The molecule has 3 heteroatoms. The van der Waals surface area contributed by atoms with Crippen LogP contribution in [0.2, 0.25) is 0 Å². The van der Waals surface area contributed by atoms with E-state index in [0.29, 0.717) is 6.61 Å². The minimum absolute atomic E-state index is 0.0363. The van der Waals surface area contributed by atoms with Crippen molar-refractivity contribution in [2.75, 3.05) is 6.61 Å². The van der Waals surface area contributed by atoms with Crippen LogP contribution in [0.3, 0.4) is 0 Å². The van der Waals surface area contributed by atoms with E-state index < -0.39 is 0 Å². The maximum Gasteiger partial charge on any atom is 0.102 e. The first-order chi connectivity index (χ1) is 12.3. The van der Waals surface area contributed by atoms with Gasteiger partial charge in [-0.2, -0.15) is 5.06 Å². The Morgan fingerprint density at radius 3 is 2.31 bits per heavy atom. The summed E-state index contributed by atoms with van der Waals surface area (Å²) in [7, 11) is 0. The smallest absolute Gasteiger partial charge is 0.102 e. The number of ether oxygens (including phenoxy) is 1. The Balaban J connectivity index is 1.92. The van der Waals surface area contributed by atoms with Crippen LogP contribution in [0.15, 0.2) is 36.9 Å². The molecule has 1 saturated heterocycles. The molecule has 1 aromatic rings. The first-order valence-corrected chi connectivity index (χ1v) is 10.0. The van der Waals surface area contributed by atoms with Gasteiger partial charge in [0.2, 0.25) is 0 Å². The number of allylic oxidation sites excluding steroid dienone is 1. The third kappa shape index (κ3) is 5.67. The summed E-state index contributed by atoms with van der Waals surface area (Å²) in [5.74, 6) is 0. The van der Waals surface area contributed by atoms with E-state index in [-0.39, 0.29) is 17.2 Å². The fraction of sp³-hybridized carbons (Fsp3) is 0.652. The quantitative estimate of drug-likeness (QED) is 0.387. The van der Waals surface area contributed by atoms with Crippen molar-refractivity contribution in [2.45, 2.75) is 90.5 Å². The summed E-state index contributed by atoms with van der Waals surface area (Å²) < 4.78 is 5.71. The molecule has 0 amide bonds. The highest BCUT2D eigenvalue weighted by Crippen LogP contribution is 2.40. The summed E-state index contributed by atoms with van der Waals surface area (Å²) in [6.45, 7) is 16.5. The molecular formula is C23H37NO2. The van der Waals surface area contributed by atoms with Crippen LogP contribution in [-0.2, 0) is 16.2 Å². The highest BCUT2D eigenvalue weighted by atomic mass is 16.7. The summed E-state index contributed by atoms with van der Waals surface area (Å²) in [4.78, 5) is 6.47. The lowest BCUT2D eigenvalue weighted by atomic mass is 9.82. The molecule has 1 fully saturated rings. The molecule has 1 aliphatic heterocycles. The lowest BCUT2D eigenvalue weighted by Gasteiger charge is -2.52. The van der Waals surface area contributed by atoms with Gasteiger partial charge in [-0.3, -0.25) is 4.84 Å². The monoisotopic (exact) mass is 359 g/mol. The summed E-state index contributed by atoms with van der Waals surface area (Å²) in [5, 5.41) is 2.24. The van der Waals surface area contributed by atoms with Gasteiger partial charge in [0.15, 0.2) is 0 Å². The molecule has 0 spiro atoms. The predicted molar refractivity (Wildman–Crippen MR) is 109 cm³/mol. The van der Waals surface area contributed by atoms with Gasteiger partial charge in [0, 0.05) is 17.7 Å². The lowest BCUT2D eigenvalue weighted by Crippen LogP contribution is -2.58. The normalized spacial score (nSPS) is 20.7. The van der Waals surface area contributed by atoms with Crippen LogP contribution in [0.1, 0.15) is 84.0 Å². The Hall–Kier alpha value is -1.16. The van der Waals surface area contributed by atoms with Crippen molar-refractivity contribution in [2.24, 2.45) is 0 Å². The molecule has 146 valence electrons. The average Bonchev–Trinajstić information content (AvgIpc) is 2.58. The molecule has 1 aromatic carbocycles. The number of hydrogen-bond donors (Lipinski definition) is 0. The SMILES string of the molecule is C=CCCCOCc1ccc(C(C)ON2C(C)(C)CCCC2(C)C)cc1. The summed E-state index contributed by atoms with van der Waals surface area (Å²) in [6.07, 6.45) is 7.62. The average molecular weight is 360 g/mol. The highest BCUT2D eigenvalue weighted by Gasteiger charge is 2.43. The van der Waals surface area contributed by atoms with Gasteiger partial charge >= 0.3 is 0 Å². The van der Waals surface area contributed by atoms with E-state index in [4.69, 9.17) is 9.57 Å². The van der Waals surface area contributed by atoms with Gasteiger partial charge in [-0.05, 0) is 77.8 Å². The molecule has 1 aliphatic rings. The summed E-state index contributed by atoms with van der Waals surface area (Å²) in [5.41, 5.74) is 2.54. The van der Waals surface area contributed by atoms with E-state index in [2.05, 4.69) is 70.5 Å². The van der Waals surface area contributed by atoms with Gasteiger partial charge in [-0.15, -0.1) is 6.58 Å². The molecule has 1 heterocycles. The number of piperidine rings is 1. The Morgan fingerprint density at radius 1 is 1.12 bits per heavy atom. The van der Waals surface area contributed by atoms with Crippen molar-refractivity contribution in [1.29, 1.82) is 0 Å². The third-order valence-corrected chi connectivity index (χ3v) is 5.36. The molecule has 0 bridgehead atoms. The van der Waals surface area contributed by atoms with E-state index in [0.717, 1.165) is 19.4 Å². The largest absolute Gasteiger partial charge is 0.377 e. The van der Waals surface area contributed by atoms with E-state index >= 15 is 0 Å². The van der Waals surface area contributed by atoms with Gasteiger partial charge in [0.1, 0.15) is 6.10 Å². The topological polar surface area (TPSA) is 21.7 Å². The second-order valence-corrected chi connectivity index (χ2v) is 8.75. The molecule has 1 unspecified atom stereocenters. The molecule has 0 saturated carbocycles. The van der Waals surface area contributed by atoms with Gasteiger partial charge < -0.3 is 4.74 Å². The van der Waals surface area contributed by atoms with Crippen LogP contribution in [0.4, 0.5) is 0 Å². The zero-order valence-corrected chi connectivity index (χ0v) is 17.4. The Morgan fingerprint density at radius 2 is 1.73 bits per heavy atom. The Labute approximate surface area is 160 Å². The first-order valence-electron chi connectivity index (χ1n) is 10.0. The Bertz CT molecular complexity index is 546. The predicted octanol–water partition coefficient (Wildman–Crippen LogP) is 6.21. The number of hydroxylamine groups is 2. The maximum absolute atomic E-state index is 6.47. The van der Waals surface area contributed by atoms with Crippen LogP contribution in [0.5, 0.6) is 0 Å². The van der Waals surface area contributed by atoms with E-state index in [9.17, 15) is 0 Å². The van der Waals surface area contributed by atoms with Crippen LogP contribution in [0.25, 0.3) is 0 Å². The minimum Gasteiger partial charge on any atom is -0.377 e. The van der Waals surface area contributed by atoms with Crippen LogP contribution >= 0.6 is 0 Å². The molecule has 0 aliphatic carbocycles. The standard InChI is InChI=1S/C23H37NO2/c1-7-8-9-17-25-18-20-11-13-21(14-12-20)19(2)26-24-22(3,4)15-10-16-23(24,5)6/h7,11-14,19H,1,8-10,15-18H2,2-6H3. The van der Waals surface area contributed by atoms with Crippen LogP contribution in [-0.4, -0.2) is 22.7 Å². The van der Waals surface area contributed by atoms with E-state index in [1.54, 1.807) is 0 Å². The summed E-state index contributed by atoms with van der Waals surface area (Å²) >= 11 is 0. The molecule has 0 aromatic heterocycles. The van der Waals surface area contributed by atoms with Crippen molar-refractivity contribution in [3.05, 3.63) is 48.0 Å². The molecule has 3 nitrogen and oxygen atoms in total. The van der Waals surface area contributed by atoms with Crippen molar-refractivity contribution >= 4 is 0 Å². The van der Waals surface area contributed by atoms with Gasteiger partial charge in [0.05, 0.1) is 6.61 Å². The van der Waals surface area contributed by atoms with E-state index in [1.807, 2.05) is 6.08 Å². The van der Waals surface area contributed by atoms with Crippen LogP contribution in [0, 0.1) is 0 Å². The Kier molecular flexibility index (Phi) is 7.45. The zero-order chi connectivity index (χ0) is 19.2. The number of unbranched alkanes of at least 4 members (excludes halogenated alkanes) is 1. The molecule has 0 N–H and O–H groups in total. The van der Waals surface area contributed by atoms with Crippen molar-refractivity contribution in [3.8, 4) is 0 Å². The number of rotatable bonds is 9. The number of benzene rings is 1. The molecular weight excluding hydrogens is 322 g/mol. The molecule has 1 atom stereocenters. The highest BCUT2D eigenvalue weighted by molar-refractivity contribution is 5.23. The zero-order valence-electron chi connectivity index (χ0n) is 17.4. The van der Waals surface area contributed by atoms with E-state index in [1.165, 1.54) is 30.4 Å². The van der Waals surface area contributed by atoms with Crippen LogP contribution < -0.4 is 0 Å². The molecule has 26 heavy (non-hydrogen) atoms. The second-order valence-electron chi connectivity index (χ2n) is 8.75. The van der Waals surface area contributed by atoms with Crippen molar-refractivity contribution < 1.29 is 9.57 Å².